The van der Waals surface area contributed by atoms with Crippen molar-refractivity contribution >= 4 is 17.6 Å². The van der Waals surface area contributed by atoms with E-state index in [2.05, 4.69) is 22.9 Å². The third-order valence-electron chi connectivity index (χ3n) is 3.55. The highest BCUT2D eigenvalue weighted by Gasteiger charge is 2.22. The largest absolute Gasteiger partial charge is 0.347 e. The van der Waals surface area contributed by atoms with Gasteiger partial charge >= 0.3 is 0 Å². The lowest BCUT2D eigenvalue weighted by molar-refractivity contribution is -0.129. The fourth-order valence-corrected chi connectivity index (χ4v) is 1.86. The summed E-state index contributed by atoms with van der Waals surface area (Å²) in [5.41, 5.74) is 5.14. The molecule has 2 amide bonds. The van der Waals surface area contributed by atoms with E-state index in [1.165, 1.54) is 12.8 Å². The molecule has 5 N–H and O–H groups in total. The van der Waals surface area contributed by atoms with E-state index >= 15 is 0 Å². The number of hydrogen-bond donors (Lipinski definition) is 4. The molecule has 1 unspecified atom stereocenters. The van der Waals surface area contributed by atoms with E-state index in [0.29, 0.717) is 0 Å². The quantitative estimate of drug-likeness (QED) is 0.435. The van der Waals surface area contributed by atoms with Crippen molar-refractivity contribution in [2.75, 3.05) is 19.6 Å². The second kappa shape index (κ2) is 15.8. The second-order valence-electron chi connectivity index (χ2n) is 7.30. The van der Waals surface area contributed by atoms with Gasteiger partial charge in [0.1, 0.15) is 0 Å². The predicted molar refractivity (Wildman–Crippen MR) is 107 cm³/mol. The lowest BCUT2D eigenvalue weighted by Crippen LogP contribution is -2.51. The van der Waals surface area contributed by atoms with Gasteiger partial charge in [0.2, 0.25) is 11.8 Å². The van der Waals surface area contributed by atoms with Crippen LogP contribution < -0.4 is 21.7 Å². The van der Waals surface area contributed by atoms with Crippen LogP contribution in [0.15, 0.2) is 0 Å². The number of carbonyl (C=O) groups is 3. The van der Waals surface area contributed by atoms with Gasteiger partial charge in [0.15, 0.2) is 5.78 Å². The minimum Gasteiger partial charge on any atom is -0.347 e. The zero-order valence-electron chi connectivity index (χ0n) is 17.6. The minimum atomic E-state index is -0.357. The molecular weight excluding hydrogens is 332 g/mol. The van der Waals surface area contributed by atoms with Crippen molar-refractivity contribution in [3.05, 3.63) is 0 Å². The number of carbonyl (C=O) groups excluding carboxylic acids is 3. The summed E-state index contributed by atoms with van der Waals surface area (Å²) < 4.78 is 0. The van der Waals surface area contributed by atoms with Crippen LogP contribution in [0.4, 0.5) is 0 Å². The zero-order valence-corrected chi connectivity index (χ0v) is 17.6. The van der Waals surface area contributed by atoms with Gasteiger partial charge in [0.05, 0.1) is 19.1 Å². The van der Waals surface area contributed by atoms with Gasteiger partial charge in [-0.25, -0.2) is 0 Å². The smallest absolute Gasteiger partial charge is 0.239 e. The van der Waals surface area contributed by atoms with Crippen LogP contribution in [0.1, 0.15) is 61.3 Å². The summed E-state index contributed by atoms with van der Waals surface area (Å²) >= 11 is 0. The van der Waals surface area contributed by atoms with Crippen molar-refractivity contribution in [2.24, 2.45) is 17.6 Å². The molecule has 0 aromatic rings. The number of rotatable bonds is 11. The van der Waals surface area contributed by atoms with Crippen LogP contribution in [0.2, 0.25) is 0 Å². The van der Waals surface area contributed by atoms with E-state index in [0.717, 1.165) is 6.54 Å². The standard InChI is InChI=1S/C15H29N3O3.C4H11N/c1-9(2)12(19)7-16-13(20)8-17-15(21)14(10(3)4)18-11(5)6;1-2-3-4-5/h9-11,14,18H,7-8H2,1-6H3,(H,16,20)(H,17,21);2-5H2,1H3. The molecule has 154 valence electrons. The Balaban J connectivity index is 0. The molecule has 0 bridgehead atoms. The van der Waals surface area contributed by atoms with E-state index in [1.807, 2.05) is 27.7 Å². The molecule has 0 aliphatic rings. The Morgan fingerprint density at radius 2 is 1.50 bits per heavy atom. The fraction of sp³-hybridized carbons (Fsp3) is 0.842. The SMILES string of the molecule is CC(C)NC(C(=O)NCC(=O)NCC(=O)C(C)C)C(C)C.CCCCN. The monoisotopic (exact) mass is 372 g/mol. The first-order valence-corrected chi connectivity index (χ1v) is 9.59. The zero-order chi connectivity index (χ0) is 20.7. The van der Waals surface area contributed by atoms with Gasteiger partial charge < -0.3 is 21.7 Å². The number of Topliss-reactive ketones (excluding diaryl/α,β-unsaturated/α-hetero) is 1. The second-order valence-corrected chi connectivity index (χ2v) is 7.30. The molecule has 0 aliphatic heterocycles. The maximum atomic E-state index is 12.1. The minimum absolute atomic E-state index is 0.00419. The molecule has 0 fully saturated rings. The van der Waals surface area contributed by atoms with Crippen LogP contribution in [-0.4, -0.2) is 49.3 Å². The first kappa shape index (κ1) is 26.8. The number of unbranched alkanes of at least 4 members (excludes halogenated alkanes) is 1. The Hall–Kier alpha value is -1.47. The predicted octanol–water partition coefficient (Wildman–Crippen LogP) is 1.21. The summed E-state index contributed by atoms with van der Waals surface area (Å²) in [5.74, 6) is -0.580. The average molecular weight is 373 g/mol. The summed E-state index contributed by atoms with van der Waals surface area (Å²) in [6.45, 7) is 14.2. The Bertz CT molecular complexity index is 408. The summed E-state index contributed by atoms with van der Waals surface area (Å²) in [4.78, 5) is 35.0. The highest BCUT2D eigenvalue weighted by atomic mass is 16.2. The van der Waals surface area contributed by atoms with Crippen LogP contribution in [0, 0.1) is 11.8 Å². The van der Waals surface area contributed by atoms with Crippen LogP contribution in [0.25, 0.3) is 0 Å². The molecule has 0 radical (unpaired) electrons. The fourth-order valence-electron chi connectivity index (χ4n) is 1.86. The summed E-state index contributed by atoms with van der Waals surface area (Å²) in [7, 11) is 0. The van der Waals surface area contributed by atoms with Gasteiger partial charge in [-0.05, 0) is 18.9 Å². The molecule has 7 heteroatoms. The number of nitrogens with two attached hydrogens (primary N) is 1. The van der Waals surface area contributed by atoms with Gasteiger partial charge in [0.25, 0.3) is 0 Å². The lowest BCUT2D eigenvalue weighted by Gasteiger charge is -2.23. The van der Waals surface area contributed by atoms with E-state index < -0.39 is 0 Å². The first-order chi connectivity index (χ1) is 12.1. The van der Waals surface area contributed by atoms with Gasteiger partial charge in [-0.1, -0.05) is 54.9 Å². The van der Waals surface area contributed by atoms with E-state index in [4.69, 9.17) is 5.73 Å². The van der Waals surface area contributed by atoms with Gasteiger partial charge in [-0.3, -0.25) is 14.4 Å². The summed E-state index contributed by atoms with van der Waals surface area (Å²) in [5, 5.41) is 8.27. The molecule has 0 aromatic carbocycles. The highest BCUT2D eigenvalue weighted by molar-refractivity contribution is 5.90. The normalized spacial score (nSPS) is 11.8. The van der Waals surface area contributed by atoms with Crippen LogP contribution in [0.3, 0.4) is 0 Å². The van der Waals surface area contributed by atoms with Crippen LogP contribution in [0.5, 0.6) is 0 Å². The Labute approximate surface area is 159 Å². The summed E-state index contributed by atoms with van der Waals surface area (Å²) in [6.07, 6.45) is 2.39. The number of nitrogens with one attached hydrogen (secondary N) is 3. The molecular formula is C19H40N4O3. The van der Waals surface area contributed by atoms with Gasteiger partial charge in [0, 0.05) is 12.0 Å². The third-order valence-corrected chi connectivity index (χ3v) is 3.55. The molecule has 0 spiro atoms. The maximum Gasteiger partial charge on any atom is 0.239 e. The van der Waals surface area contributed by atoms with Crippen molar-refractivity contribution in [1.82, 2.24) is 16.0 Å². The molecule has 0 saturated heterocycles. The topological polar surface area (TPSA) is 113 Å². The molecule has 0 aliphatic carbocycles. The number of ketones is 1. The molecule has 0 aromatic heterocycles. The third kappa shape index (κ3) is 14.8. The maximum absolute atomic E-state index is 12.1. The van der Waals surface area contributed by atoms with E-state index in [-0.39, 0.29) is 54.6 Å². The van der Waals surface area contributed by atoms with Crippen molar-refractivity contribution in [1.29, 1.82) is 0 Å². The lowest BCUT2D eigenvalue weighted by atomic mass is 10.0. The molecule has 7 nitrogen and oxygen atoms in total. The van der Waals surface area contributed by atoms with Crippen molar-refractivity contribution in [3.63, 3.8) is 0 Å². The highest BCUT2D eigenvalue weighted by Crippen LogP contribution is 2.03. The first-order valence-electron chi connectivity index (χ1n) is 9.59. The molecule has 1 atom stereocenters. The molecule has 0 rings (SSSR count). The van der Waals surface area contributed by atoms with Crippen molar-refractivity contribution < 1.29 is 14.4 Å². The van der Waals surface area contributed by atoms with E-state index in [9.17, 15) is 14.4 Å². The van der Waals surface area contributed by atoms with Crippen molar-refractivity contribution in [2.45, 2.75) is 73.4 Å². The van der Waals surface area contributed by atoms with Crippen LogP contribution >= 0.6 is 0 Å². The average Bonchev–Trinajstić information content (AvgIpc) is 2.56. The van der Waals surface area contributed by atoms with Gasteiger partial charge in [-0.2, -0.15) is 0 Å². The molecule has 26 heavy (non-hydrogen) atoms. The van der Waals surface area contributed by atoms with Gasteiger partial charge in [-0.15, -0.1) is 0 Å². The number of hydrogen-bond acceptors (Lipinski definition) is 5. The Morgan fingerprint density at radius 1 is 0.923 bits per heavy atom. The molecule has 0 heterocycles. The number of amides is 2. The molecule has 0 saturated carbocycles. The Kier molecular flexibility index (Phi) is 16.2. The van der Waals surface area contributed by atoms with Crippen LogP contribution in [-0.2, 0) is 14.4 Å². The van der Waals surface area contributed by atoms with E-state index in [1.54, 1.807) is 13.8 Å². The summed E-state index contributed by atoms with van der Waals surface area (Å²) in [6, 6.07) is -0.157. The Morgan fingerprint density at radius 3 is 1.85 bits per heavy atom. The van der Waals surface area contributed by atoms with Crippen molar-refractivity contribution in [3.8, 4) is 0 Å².